The van der Waals surface area contributed by atoms with E-state index in [4.69, 9.17) is 4.74 Å². The Kier molecular flexibility index (Phi) is 5.95. The van der Waals surface area contributed by atoms with Crippen LogP contribution in [0.25, 0.3) is 11.3 Å². The molecule has 7 nitrogen and oxygen atoms in total. The van der Waals surface area contributed by atoms with Gasteiger partial charge in [0, 0.05) is 35.8 Å². The lowest BCUT2D eigenvalue weighted by Gasteiger charge is -2.11. The average Bonchev–Trinajstić information content (AvgIpc) is 2.80. The summed E-state index contributed by atoms with van der Waals surface area (Å²) in [4.78, 5) is 29.1. The third kappa shape index (κ3) is 4.79. The fraction of sp³-hybridized carbons (Fsp3) is 0.0455. The fourth-order valence-electron chi connectivity index (χ4n) is 2.69. The van der Waals surface area contributed by atoms with Gasteiger partial charge in [-0.1, -0.05) is 48.2 Å². The van der Waals surface area contributed by atoms with E-state index >= 15 is 0 Å². The lowest BCUT2D eigenvalue weighted by molar-refractivity contribution is 0.0728. The molecule has 0 aliphatic rings. The monoisotopic (exact) mass is 415 g/mol. The number of anilines is 2. The molecule has 0 bridgehead atoms. The van der Waals surface area contributed by atoms with Crippen molar-refractivity contribution in [3.63, 3.8) is 0 Å². The molecule has 0 fully saturated rings. The number of ether oxygens (including phenoxy) is 1. The lowest BCUT2D eigenvalue weighted by atomic mass is 10.1. The van der Waals surface area contributed by atoms with Crippen LogP contribution in [0.1, 0.15) is 10.5 Å². The number of esters is 1. The molecule has 30 heavy (non-hydrogen) atoms. The van der Waals surface area contributed by atoms with Crippen molar-refractivity contribution in [1.82, 2.24) is 19.9 Å². The first-order valence-corrected chi connectivity index (χ1v) is 10.3. The van der Waals surface area contributed by atoms with Crippen LogP contribution in [0.4, 0.5) is 11.5 Å². The normalized spacial score (nSPS) is 10.4. The number of thioether (sulfide) groups is 1. The number of hydrogen-bond acceptors (Lipinski definition) is 8. The summed E-state index contributed by atoms with van der Waals surface area (Å²) >= 11 is 1.47. The number of carbonyl (C=O) groups is 1. The molecule has 0 spiro atoms. The van der Waals surface area contributed by atoms with Gasteiger partial charge in [-0.05, 0) is 18.4 Å². The largest absolute Gasteiger partial charge is 0.422 e. The zero-order valence-corrected chi connectivity index (χ0v) is 16.8. The molecule has 0 aliphatic heterocycles. The van der Waals surface area contributed by atoms with E-state index in [0.717, 1.165) is 16.9 Å². The van der Waals surface area contributed by atoms with Gasteiger partial charge in [-0.2, -0.15) is 0 Å². The van der Waals surface area contributed by atoms with Crippen molar-refractivity contribution in [2.45, 2.75) is 5.16 Å². The SMILES string of the molecule is CSc1nc(Nc2cccc(OC(=O)c3cnccn3)c2)cc(-c2ccccc2)n1. The number of aromatic nitrogens is 4. The van der Waals surface area contributed by atoms with E-state index in [9.17, 15) is 4.79 Å². The van der Waals surface area contributed by atoms with E-state index < -0.39 is 5.97 Å². The van der Waals surface area contributed by atoms with E-state index in [0.29, 0.717) is 16.7 Å². The first kappa shape index (κ1) is 19.5. The molecule has 2 heterocycles. The Balaban J connectivity index is 1.56. The van der Waals surface area contributed by atoms with Crippen LogP contribution in [0.15, 0.2) is 84.4 Å². The molecule has 2 aromatic heterocycles. The van der Waals surface area contributed by atoms with Gasteiger partial charge in [0.15, 0.2) is 10.9 Å². The first-order chi connectivity index (χ1) is 14.7. The molecule has 0 radical (unpaired) electrons. The number of hydrogen-bond donors (Lipinski definition) is 1. The minimum atomic E-state index is -0.571. The maximum absolute atomic E-state index is 12.2. The summed E-state index contributed by atoms with van der Waals surface area (Å²) < 4.78 is 5.40. The number of nitrogens with one attached hydrogen (secondary N) is 1. The molecule has 0 saturated heterocycles. The van der Waals surface area contributed by atoms with E-state index in [1.54, 1.807) is 18.2 Å². The minimum absolute atomic E-state index is 0.142. The molecular weight excluding hydrogens is 398 g/mol. The molecule has 0 amide bonds. The molecule has 1 N–H and O–H groups in total. The molecule has 0 aliphatic carbocycles. The number of rotatable bonds is 6. The zero-order chi connectivity index (χ0) is 20.8. The highest BCUT2D eigenvalue weighted by molar-refractivity contribution is 7.98. The van der Waals surface area contributed by atoms with Crippen molar-refractivity contribution in [3.05, 3.63) is 84.9 Å². The number of nitrogens with zero attached hydrogens (tertiary/aromatic N) is 4. The molecule has 2 aromatic carbocycles. The van der Waals surface area contributed by atoms with Crippen molar-refractivity contribution in [1.29, 1.82) is 0 Å². The lowest BCUT2D eigenvalue weighted by Crippen LogP contribution is -2.10. The maximum Gasteiger partial charge on any atom is 0.363 e. The first-order valence-electron chi connectivity index (χ1n) is 9.05. The maximum atomic E-state index is 12.2. The molecule has 0 atom stereocenters. The van der Waals surface area contributed by atoms with Gasteiger partial charge in [0.05, 0.1) is 11.9 Å². The Morgan fingerprint density at radius 1 is 1.00 bits per heavy atom. The highest BCUT2D eigenvalue weighted by Crippen LogP contribution is 2.26. The van der Waals surface area contributed by atoms with Gasteiger partial charge < -0.3 is 10.1 Å². The van der Waals surface area contributed by atoms with Crippen molar-refractivity contribution < 1.29 is 9.53 Å². The Morgan fingerprint density at radius 3 is 2.63 bits per heavy atom. The Morgan fingerprint density at radius 2 is 1.87 bits per heavy atom. The summed E-state index contributed by atoms with van der Waals surface area (Å²) in [6.45, 7) is 0. The fourth-order valence-corrected chi connectivity index (χ4v) is 3.07. The topological polar surface area (TPSA) is 89.9 Å². The van der Waals surface area contributed by atoms with E-state index in [1.165, 1.54) is 30.4 Å². The van der Waals surface area contributed by atoms with Crippen molar-refractivity contribution in [2.75, 3.05) is 11.6 Å². The molecule has 4 rings (SSSR count). The van der Waals surface area contributed by atoms with E-state index in [2.05, 4.69) is 25.3 Å². The predicted molar refractivity (Wildman–Crippen MR) is 116 cm³/mol. The number of benzene rings is 2. The summed E-state index contributed by atoms with van der Waals surface area (Å²) in [5.41, 5.74) is 2.69. The summed E-state index contributed by atoms with van der Waals surface area (Å²) in [5, 5.41) is 3.92. The molecule has 0 unspecified atom stereocenters. The average molecular weight is 415 g/mol. The van der Waals surface area contributed by atoms with Crippen LogP contribution in [-0.4, -0.2) is 32.2 Å². The van der Waals surface area contributed by atoms with Crippen molar-refractivity contribution >= 4 is 29.2 Å². The van der Waals surface area contributed by atoms with Gasteiger partial charge in [0.1, 0.15) is 11.6 Å². The molecular formula is C22H17N5O2S. The summed E-state index contributed by atoms with van der Waals surface area (Å²) in [7, 11) is 0. The highest BCUT2D eigenvalue weighted by atomic mass is 32.2. The minimum Gasteiger partial charge on any atom is -0.422 e. The molecule has 148 valence electrons. The summed E-state index contributed by atoms with van der Waals surface area (Å²) in [5.74, 6) is 0.460. The van der Waals surface area contributed by atoms with Crippen LogP contribution in [0.3, 0.4) is 0 Å². The standard InChI is InChI=1S/C22H17N5O2S/c1-30-22-26-18(15-6-3-2-4-7-15)13-20(27-22)25-16-8-5-9-17(12-16)29-21(28)19-14-23-10-11-24-19/h2-14H,1H3,(H,25,26,27). The second-order valence-corrected chi connectivity index (χ2v) is 6.90. The Labute approximate surface area is 177 Å². The quantitative estimate of drug-likeness (QED) is 0.211. The smallest absolute Gasteiger partial charge is 0.363 e. The highest BCUT2D eigenvalue weighted by Gasteiger charge is 2.11. The van der Waals surface area contributed by atoms with Crippen LogP contribution in [0, 0.1) is 0 Å². The molecule has 0 saturated carbocycles. The van der Waals surface area contributed by atoms with Crippen LogP contribution < -0.4 is 10.1 Å². The van der Waals surface area contributed by atoms with Gasteiger partial charge in [-0.15, -0.1) is 0 Å². The van der Waals surface area contributed by atoms with Crippen LogP contribution in [0.2, 0.25) is 0 Å². The van der Waals surface area contributed by atoms with Crippen molar-refractivity contribution in [3.8, 4) is 17.0 Å². The second-order valence-electron chi connectivity index (χ2n) is 6.12. The third-order valence-corrected chi connectivity index (χ3v) is 4.59. The van der Waals surface area contributed by atoms with Crippen LogP contribution >= 0.6 is 11.8 Å². The third-order valence-electron chi connectivity index (χ3n) is 4.05. The van der Waals surface area contributed by atoms with Gasteiger partial charge >= 0.3 is 5.97 Å². The predicted octanol–water partition coefficient (Wildman–Crippen LogP) is 4.62. The zero-order valence-electron chi connectivity index (χ0n) is 16.0. The van der Waals surface area contributed by atoms with E-state index in [1.807, 2.05) is 48.7 Å². The van der Waals surface area contributed by atoms with Crippen LogP contribution in [0.5, 0.6) is 5.75 Å². The van der Waals surface area contributed by atoms with Gasteiger partial charge in [-0.3, -0.25) is 4.98 Å². The van der Waals surface area contributed by atoms with Gasteiger partial charge in [0.2, 0.25) is 0 Å². The summed E-state index contributed by atoms with van der Waals surface area (Å²) in [6, 6.07) is 18.9. The molecule has 8 heteroatoms. The Bertz CT molecular complexity index is 1160. The van der Waals surface area contributed by atoms with Gasteiger partial charge in [-0.25, -0.2) is 19.7 Å². The molecule has 4 aromatic rings. The van der Waals surface area contributed by atoms with Crippen molar-refractivity contribution in [2.24, 2.45) is 0 Å². The van der Waals surface area contributed by atoms with Crippen LogP contribution in [-0.2, 0) is 0 Å². The summed E-state index contributed by atoms with van der Waals surface area (Å²) in [6.07, 6.45) is 6.23. The Hall–Kier alpha value is -3.78. The van der Waals surface area contributed by atoms with Gasteiger partial charge in [0.25, 0.3) is 0 Å². The number of carbonyl (C=O) groups excluding carboxylic acids is 1. The van der Waals surface area contributed by atoms with E-state index in [-0.39, 0.29) is 5.69 Å². The second kappa shape index (κ2) is 9.15.